The summed E-state index contributed by atoms with van der Waals surface area (Å²) < 4.78 is 0. The van der Waals surface area contributed by atoms with E-state index in [1.54, 1.807) is 0 Å². The fraction of sp³-hybridized carbons (Fsp3) is 0.625. The quantitative estimate of drug-likeness (QED) is 0.782. The van der Waals surface area contributed by atoms with Gasteiger partial charge in [-0.25, -0.2) is 0 Å². The van der Waals surface area contributed by atoms with E-state index >= 15 is 0 Å². The number of nitrogens with zero attached hydrogens (tertiary/aromatic N) is 1. The third-order valence-electron chi connectivity index (χ3n) is 3.60. The Kier molecular flexibility index (Phi) is 7.32. The summed E-state index contributed by atoms with van der Waals surface area (Å²) in [7, 11) is 2.22. The third kappa shape index (κ3) is 4.73. The second kappa shape index (κ2) is 8.49. The first-order chi connectivity index (χ1) is 9.13. The standard InChI is InChI=1S/C16H28N2S/c1-6-15(12-19-5)18(4)16-9-8-14(10-13(16)3)11-17-7-2/h8-10,15,17H,6-7,11-12H2,1-5H3. The van der Waals surface area contributed by atoms with Gasteiger partial charge in [0, 0.05) is 31.1 Å². The van der Waals surface area contributed by atoms with Crippen molar-refractivity contribution in [3.05, 3.63) is 29.3 Å². The summed E-state index contributed by atoms with van der Waals surface area (Å²) >= 11 is 1.93. The first-order valence-corrected chi connectivity index (χ1v) is 8.55. The van der Waals surface area contributed by atoms with Gasteiger partial charge in [0.1, 0.15) is 0 Å². The molecule has 108 valence electrons. The van der Waals surface area contributed by atoms with Crippen molar-refractivity contribution in [3.8, 4) is 0 Å². The van der Waals surface area contributed by atoms with E-state index in [4.69, 9.17) is 0 Å². The second-order valence-electron chi connectivity index (χ2n) is 5.03. The van der Waals surface area contributed by atoms with Crippen molar-refractivity contribution in [3.63, 3.8) is 0 Å². The average Bonchev–Trinajstić information content (AvgIpc) is 2.42. The summed E-state index contributed by atoms with van der Waals surface area (Å²) in [6.45, 7) is 8.61. The van der Waals surface area contributed by atoms with Crippen LogP contribution < -0.4 is 10.2 Å². The normalized spacial score (nSPS) is 12.5. The van der Waals surface area contributed by atoms with E-state index in [2.05, 4.69) is 62.5 Å². The molecular weight excluding hydrogens is 252 g/mol. The molecule has 0 spiro atoms. The Morgan fingerprint density at radius 2 is 2.05 bits per heavy atom. The highest BCUT2D eigenvalue weighted by Crippen LogP contribution is 2.24. The summed E-state index contributed by atoms with van der Waals surface area (Å²) in [5.74, 6) is 1.19. The van der Waals surface area contributed by atoms with Crippen LogP contribution in [0.4, 0.5) is 5.69 Å². The topological polar surface area (TPSA) is 15.3 Å². The molecule has 0 aliphatic heterocycles. The van der Waals surface area contributed by atoms with Crippen LogP contribution in [0.2, 0.25) is 0 Å². The van der Waals surface area contributed by atoms with Gasteiger partial charge in [-0.3, -0.25) is 0 Å². The molecule has 1 aromatic carbocycles. The lowest BCUT2D eigenvalue weighted by molar-refractivity contribution is 0.671. The molecule has 19 heavy (non-hydrogen) atoms. The van der Waals surface area contributed by atoms with Crippen molar-refractivity contribution in [2.45, 2.75) is 39.8 Å². The molecule has 1 unspecified atom stereocenters. The van der Waals surface area contributed by atoms with Gasteiger partial charge in [-0.1, -0.05) is 26.0 Å². The maximum Gasteiger partial charge on any atom is 0.0396 e. The molecule has 0 radical (unpaired) electrons. The largest absolute Gasteiger partial charge is 0.371 e. The molecule has 0 fully saturated rings. The van der Waals surface area contributed by atoms with E-state index < -0.39 is 0 Å². The Labute approximate surface area is 123 Å². The Morgan fingerprint density at radius 3 is 2.58 bits per heavy atom. The number of hydrogen-bond acceptors (Lipinski definition) is 3. The second-order valence-corrected chi connectivity index (χ2v) is 5.94. The molecule has 1 N–H and O–H groups in total. The van der Waals surface area contributed by atoms with E-state index in [-0.39, 0.29) is 0 Å². The zero-order chi connectivity index (χ0) is 14.3. The first kappa shape index (κ1) is 16.4. The number of anilines is 1. The Bertz CT molecular complexity index is 379. The molecular formula is C16H28N2S. The molecule has 0 aromatic heterocycles. The van der Waals surface area contributed by atoms with Crippen molar-refractivity contribution in [1.82, 2.24) is 5.32 Å². The lowest BCUT2D eigenvalue weighted by atomic mass is 10.1. The molecule has 0 aliphatic carbocycles. The van der Waals surface area contributed by atoms with E-state index in [0.29, 0.717) is 6.04 Å². The Morgan fingerprint density at radius 1 is 1.32 bits per heavy atom. The van der Waals surface area contributed by atoms with Crippen molar-refractivity contribution < 1.29 is 0 Å². The van der Waals surface area contributed by atoms with Crippen molar-refractivity contribution in [2.24, 2.45) is 0 Å². The SMILES string of the molecule is CCNCc1ccc(N(C)C(CC)CSC)c(C)c1. The van der Waals surface area contributed by atoms with Gasteiger partial charge in [0.2, 0.25) is 0 Å². The van der Waals surface area contributed by atoms with Gasteiger partial charge >= 0.3 is 0 Å². The van der Waals surface area contributed by atoms with Crippen molar-refractivity contribution in [1.29, 1.82) is 0 Å². The van der Waals surface area contributed by atoms with Crippen molar-refractivity contribution >= 4 is 17.4 Å². The van der Waals surface area contributed by atoms with E-state index in [0.717, 1.165) is 13.1 Å². The fourth-order valence-corrected chi connectivity index (χ4v) is 3.23. The van der Waals surface area contributed by atoms with Crippen LogP contribution >= 0.6 is 11.8 Å². The van der Waals surface area contributed by atoms with Crippen molar-refractivity contribution in [2.75, 3.05) is 30.5 Å². The zero-order valence-electron chi connectivity index (χ0n) is 13.0. The number of thioether (sulfide) groups is 1. The van der Waals surface area contributed by atoms with Crippen LogP contribution in [0.5, 0.6) is 0 Å². The molecule has 0 amide bonds. The van der Waals surface area contributed by atoms with Crippen LogP contribution in [-0.4, -0.2) is 31.6 Å². The van der Waals surface area contributed by atoms with Gasteiger partial charge in [-0.15, -0.1) is 0 Å². The number of benzene rings is 1. The highest BCUT2D eigenvalue weighted by atomic mass is 32.2. The molecule has 0 heterocycles. The average molecular weight is 280 g/mol. The molecule has 0 bridgehead atoms. The number of aryl methyl sites for hydroxylation is 1. The fourth-order valence-electron chi connectivity index (χ4n) is 2.39. The molecule has 1 atom stereocenters. The molecule has 2 nitrogen and oxygen atoms in total. The van der Waals surface area contributed by atoms with E-state index in [9.17, 15) is 0 Å². The van der Waals surface area contributed by atoms with Crippen LogP contribution in [0.25, 0.3) is 0 Å². The van der Waals surface area contributed by atoms with Crippen LogP contribution in [0.1, 0.15) is 31.4 Å². The lowest BCUT2D eigenvalue weighted by Crippen LogP contribution is -2.33. The zero-order valence-corrected chi connectivity index (χ0v) is 13.8. The predicted octanol–water partition coefficient (Wildman–Crippen LogP) is 3.68. The summed E-state index contributed by atoms with van der Waals surface area (Å²) in [5, 5.41) is 3.38. The Balaban J connectivity index is 2.82. The van der Waals surface area contributed by atoms with Crippen LogP contribution in [0.3, 0.4) is 0 Å². The highest BCUT2D eigenvalue weighted by Gasteiger charge is 2.14. The lowest BCUT2D eigenvalue weighted by Gasteiger charge is -2.30. The van der Waals surface area contributed by atoms with Crippen LogP contribution in [-0.2, 0) is 6.54 Å². The maximum absolute atomic E-state index is 3.38. The van der Waals surface area contributed by atoms with Crippen LogP contribution in [0.15, 0.2) is 18.2 Å². The molecule has 0 saturated heterocycles. The minimum absolute atomic E-state index is 0.619. The highest BCUT2D eigenvalue weighted by molar-refractivity contribution is 7.98. The van der Waals surface area contributed by atoms with Gasteiger partial charge in [-0.05, 0) is 43.3 Å². The Hall–Kier alpha value is -0.670. The minimum Gasteiger partial charge on any atom is -0.371 e. The van der Waals surface area contributed by atoms with E-state index in [1.165, 1.54) is 29.0 Å². The summed E-state index contributed by atoms with van der Waals surface area (Å²) in [6.07, 6.45) is 3.37. The predicted molar refractivity (Wildman–Crippen MR) is 89.4 cm³/mol. The van der Waals surface area contributed by atoms with Gasteiger partial charge in [0.15, 0.2) is 0 Å². The number of rotatable bonds is 8. The smallest absolute Gasteiger partial charge is 0.0396 e. The van der Waals surface area contributed by atoms with Crippen LogP contribution in [0, 0.1) is 6.92 Å². The monoisotopic (exact) mass is 280 g/mol. The van der Waals surface area contributed by atoms with Gasteiger partial charge in [-0.2, -0.15) is 11.8 Å². The summed E-state index contributed by atoms with van der Waals surface area (Å²) in [4.78, 5) is 2.43. The summed E-state index contributed by atoms with van der Waals surface area (Å²) in [6, 6.07) is 7.44. The molecule has 1 rings (SSSR count). The number of nitrogens with one attached hydrogen (secondary N) is 1. The van der Waals surface area contributed by atoms with Gasteiger partial charge in [0.25, 0.3) is 0 Å². The molecule has 0 aliphatic rings. The third-order valence-corrected chi connectivity index (χ3v) is 4.32. The minimum atomic E-state index is 0.619. The van der Waals surface area contributed by atoms with Gasteiger partial charge < -0.3 is 10.2 Å². The molecule has 3 heteroatoms. The number of hydrogen-bond donors (Lipinski definition) is 1. The maximum atomic E-state index is 3.38. The van der Waals surface area contributed by atoms with Gasteiger partial charge in [0.05, 0.1) is 0 Å². The summed E-state index contributed by atoms with van der Waals surface area (Å²) in [5.41, 5.74) is 4.10. The first-order valence-electron chi connectivity index (χ1n) is 7.16. The molecule has 0 saturated carbocycles. The molecule has 1 aromatic rings. The van der Waals surface area contributed by atoms with E-state index in [1.807, 2.05) is 11.8 Å².